The molecule has 0 spiro atoms. The second kappa shape index (κ2) is 5.89. The molecule has 0 aliphatic carbocycles. The summed E-state index contributed by atoms with van der Waals surface area (Å²) in [5, 5.41) is 10.9. The summed E-state index contributed by atoms with van der Waals surface area (Å²) in [6.07, 6.45) is 0. The van der Waals surface area contributed by atoms with Crippen molar-refractivity contribution in [1.82, 2.24) is 0 Å². The molecule has 1 aliphatic heterocycles. The number of nitrogens with zero attached hydrogens (tertiary/aromatic N) is 1. The summed E-state index contributed by atoms with van der Waals surface area (Å²) in [5.74, 6) is 0.904. The molecular formula is C14H12N2O7S. The molecule has 24 heavy (non-hydrogen) atoms. The third kappa shape index (κ3) is 2.91. The van der Waals surface area contributed by atoms with Crippen molar-refractivity contribution in [2.24, 2.45) is 0 Å². The van der Waals surface area contributed by atoms with Gasteiger partial charge in [-0.25, -0.2) is 8.42 Å². The number of nitrogens with one attached hydrogen (secondary N) is 1. The SMILES string of the molecule is COc1ccc([N+](=O)[O-])cc1S(=O)(=O)Nc1ccc2c(c1)OCO2. The van der Waals surface area contributed by atoms with E-state index in [2.05, 4.69) is 4.72 Å². The van der Waals surface area contributed by atoms with Crippen LogP contribution >= 0.6 is 0 Å². The van der Waals surface area contributed by atoms with Gasteiger partial charge in [-0.1, -0.05) is 0 Å². The lowest BCUT2D eigenvalue weighted by Gasteiger charge is -2.11. The molecule has 0 bridgehead atoms. The maximum atomic E-state index is 12.6. The van der Waals surface area contributed by atoms with E-state index in [1.54, 1.807) is 6.07 Å². The maximum Gasteiger partial charge on any atom is 0.271 e. The number of nitro groups is 1. The third-order valence-electron chi connectivity index (χ3n) is 3.27. The zero-order valence-corrected chi connectivity index (χ0v) is 13.2. The Hall–Kier alpha value is -3.01. The number of ether oxygens (including phenoxy) is 3. The number of hydrogen-bond donors (Lipinski definition) is 1. The zero-order valence-electron chi connectivity index (χ0n) is 12.4. The van der Waals surface area contributed by atoms with Crippen LogP contribution in [-0.4, -0.2) is 27.2 Å². The Morgan fingerprint density at radius 1 is 1.17 bits per heavy atom. The molecule has 2 aromatic carbocycles. The minimum absolute atomic E-state index is 0.00570. The fourth-order valence-electron chi connectivity index (χ4n) is 2.16. The van der Waals surface area contributed by atoms with Crippen LogP contribution in [0.1, 0.15) is 0 Å². The molecule has 9 nitrogen and oxygen atoms in total. The van der Waals surface area contributed by atoms with Crippen LogP contribution in [0.5, 0.6) is 17.2 Å². The van der Waals surface area contributed by atoms with Crippen molar-refractivity contribution in [3.05, 3.63) is 46.5 Å². The molecule has 0 fully saturated rings. The van der Waals surface area contributed by atoms with Crippen molar-refractivity contribution in [2.75, 3.05) is 18.6 Å². The Labute approximate surface area is 137 Å². The van der Waals surface area contributed by atoms with E-state index in [1.165, 1.54) is 31.4 Å². The van der Waals surface area contributed by atoms with Crippen molar-refractivity contribution in [3.63, 3.8) is 0 Å². The summed E-state index contributed by atoms with van der Waals surface area (Å²) in [4.78, 5) is 9.87. The topological polar surface area (TPSA) is 117 Å². The van der Waals surface area contributed by atoms with Crippen molar-refractivity contribution in [1.29, 1.82) is 0 Å². The van der Waals surface area contributed by atoms with E-state index in [0.29, 0.717) is 11.5 Å². The number of benzene rings is 2. The summed E-state index contributed by atoms with van der Waals surface area (Å²) in [5.41, 5.74) is -0.130. The van der Waals surface area contributed by atoms with Gasteiger partial charge in [-0.05, 0) is 18.2 Å². The van der Waals surface area contributed by atoms with Gasteiger partial charge in [0, 0.05) is 18.2 Å². The minimum atomic E-state index is -4.11. The second-order valence-corrected chi connectivity index (χ2v) is 6.42. The van der Waals surface area contributed by atoms with Gasteiger partial charge in [-0.15, -0.1) is 0 Å². The molecule has 0 saturated carbocycles. The Kier molecular flexibility index (Phi) is 3.89. The highest BCUT2D eigenvalue weighted by molar-refractivity contribution is 7.92. The van der Waals surface area contributed by atoms with Crippen LogP contribution in [0.4, 0.5) is 11.4 Å². The van der Waals surface area contributed by atoms with Gasteiger partial charge in [0.25, 0.3) is 15.7 Å². The summed E-state index contributed by atoms with van der Waals surface area (Å²) >= 11 is 0. The van der Waals surface area contributed by atoms with Crippen LogP contribution in [0.3, 0.4) is 0 Å². The molecule has 0 unspecified atom stereocenters. The molecule has 0 atom stereocenters. The number of methoxy groups -OCH3 is 1. The second-order valence-electron chi connectivity index (χ2n) is 4.77. The lowest BCUT2D eigenvalue weighted by atomic mass is 10.3. The van der Waals surface area contributed by atoms with Crippen LogP contribution in [0, 0.1) is 10.1 Å². The average molecular weight is 352 g/mol. The van der Waals surface area contributed by atoms with Gasteiger partial charge >= 0.3 is 0 Å². The first kappa shape index (κ1) is 15.9. The lowest BCUT2D eigenvalue weighted by Crippen LogP contribution is -2.14. The zero-order chi connectivity index (χ0) is 17.3. The van der Waals surface area contributed by atoms with E-state index < -0.39 is 14.9 Å². The van der Waals surface area contributed by atoms with Gasteiger partial charge in [-0.3, -0.25) is 14.8 Å². The normalized spacial score (nSPS) is 12.7. The lowest BCUT2D eigenvalue weighted by molar-refractivity contribution is -0.385. The Morgan fingerprint density at radius 3 is 2.62 bits per heavy atom. The quantitative estimate of drug-likeness (QED) is 0.647. The first-order valence-corrected chi connectivity index (χ1v) is 8.14. The molecule has 1 aliphatic rings. The summed E-state index contributed by atoms with van der Waals surface area (Å²) < 4.78 is 42.8. The van der Waals surface area contributed by atoms with Crippen molar-refractivity contribution < 1.29 is 27.6 Å². The van der Waals surface area contributed by atoms with Gasteiger partial charge in [0.15, 0.2) is 11.5 Å². The number of rotatable bonds is 5. The molecule has 0 saturated heterocycles. The Balaban J connectivity index is 1.98. The van der Waals surface area contributed by atoms with Crippen LogP contribution < -0.4 is 18.9 Å². The third-order valence-corrected chi connectivity index (χ3v) is 4.67. The largest absolute Gasteiger partial charge is 0.495 e. The fraction of sp³-hybridized carbons (Fsp3) is 0.143. The van der Waals surface area contributed by atoms with Crippen molar-refractivity contribution >= 4 is 21.4 Å². The van der Waals surface area contributed by atoms with Gasteiger partial charge in [0.2, 0.25) is 6.79 Å². The Morgan fingerprint density at radius 2 is 1.92 bits per heavy atom. The molecule has 3 rings (SSSR count). The molecule has 2 aromatic rings. The van der Waals surface area contributed by atoms with E-state index >= 15 is 0 Å². The number of sulfonamides is 1. The van der Waals surface area contributed by atoms with Crippen LogP contribution in [0.25, 0.3) is 0 Å². The van der Waals surface area contributed by atoms with E-state index in [0.717, 1.165) is 6.07 Å². The highest BCUT2D eigenvalue weighted by atomic mass is 32.2. The predicted octanol–water partition coefficient (Wildman–Crippen LogP) is 2.13. The molecule has 1 heterocycles. The molecule has 10 heteroatoms. The Bertz CT molecular complexity index is 911. The van der Waals surface area contributed by atoms with Gasteiger partial charge < -0.3 is 14.2 Å². The minimum Gasteiger partial charge on any atom is -0.495 e. The highest BCUT2D eigenvalue weighted by Crippen LogP contribution is 2.36. The number of nitro benzene ring substituents is 1. The van der Waals surface area contributed by atoms with E-state index in [-0.39, 0.29) is 28.8 Å². The first-order chi connectivity index (χ1) is 11.4. The van der Waals surface area contributed by atoms with Gasteiger partial charge in [0.1, 0.15) is 10.6 Å². The molecular weight excluding hydrogens is 340 g/mol. The smallest absolute Gasteiger partial charge is 0.271 e. The summed E-state index contributed by atoms with van der Waals surface area (Å²) in [7, 11) is -2.83. The molecule has 0 aromatic heterocycles. The standard InChI is InChI=1S/C14H12N2O7S/c1-21-12-5-3-10(16(17)18)7-14(12)24(19,20)15-9-2-4-11-13(6-9)23-8-22-11/h2-7,15H,8H2,1H3. The van der Waals surface area contributed by atoms with Crippen molar-refractivity contribution in [3.8, 4) is 17.2 Å². The maximum absolute atomic E-state index is 12.6. The van der Waals surface area contributed by atoms with Crippen LogP contribution in [-0.2, 0) is 10.0 Å². The highest BCUT2D eigenvalue weighted by Gasteiger charge is 2.24. The predicted molar refractivity (Wildman–Crippen MR) is 83.0 cm³/mol. The first-order valence-electron chi connectivity index (χ1n) is 6.65. The fourth-order valence-corrected chi connectivity index (χ4v) is 3.40. The average Bonchev–Trinajstić information content (AvgIpc) is 3.01. The number of anilines is 1. The van der Waals surface area contributed by atoms with Gasteiger partial charge in [0.05, 0.1) is 17.7 Å². The molecule has 1 N–H and O–H groups in total. The van der Waals surface area contributed by atoms with Gasteiger partial charge in [-0.2, -0.15) is 0 Å². The monoisotopic (exact) mass is 352 g/mol. The summed E-state index contributed by atoms with van der Waals surface area (Å²) in [6, 6.07) is 7.85. The summed E-state index contributed by atoms with van der Waals surface area (Å²) in [6.45, 7) is 0.0598. The molecule has 0 radical (unpaired) electrons. The number of fused-ring (bicyclic) bond motifs is 1. The van der Waals surface area contributed by atoms with Crippen LogP contribution in [0.2, 0.25) is 0 Å². The molecule has 0 amide bonds. The molecule has 126 valence electrons. The van der Waals surface area contributed by atoms with E-state index in [1.807, 2.05) is 0 Å². The number of hydrogen-bond acceptors (Lipinski definition) is 7. The number of non-ortho nitro benzene ring substituents is 1. The van der Waals surface area contributed by atoms with Crippen LogP contribution in [0.15, 0.2) is 41.3 Å². The van der Waals surface area contributed by atoms with E-state index in [9.17, 15) is 18.5 Å². The van der Waals surface area contributed by atoms with Crippen molar-refractivity contribution in [2.45, 2.75) is 4.90 Å². The van der Waals surface area contributed by atoms with E-state index in [4.69, 9.17) is 14.2 Å².